The summed E-state index contributed by atoms with van der Waals surface area (Å²) in [5.74, 6) is -0.887. The van der Waals surface area contributed by atoms with Crippen LogP contribution in [0.5, 0.6) is 0 Å². The molecule has 2 atom stereocenters. The van der Waals surface area contributed by atoms with Crippen LogP contribution in [0.1, 0.15) is 5.56 Å². The SMILES string of the molecule is COC(=O)C1SC=CC1(OCc1ccc(F)cc1Cl)n1cnc2ccc(Cl)cc21. The van der Waals surface area contributed by atoms with Gasteiger partial charge in [-0.2, -0.15) is 0 Å². The molecule has 0 bridgehead atoms. The van der Waals surface area contributed by atoms with Gasteiger partial charge >= 0.3 is 5.97 Å². The van der Waals surface area contributed by atoms with Crippen molar-refractivity contribution in [3.8, 4) is 0 Å². The maximum Gasteiger partial charge on any atom is 0.324 e. The van der Waals surface area contributed by atoms with Gasteiger partial charge < -0.3 is 9.47 Å². The third-order valence-corrected chi connectivity index (χ3v) is 6.35. The number of hydrogen-bond donors (Lipinski definition) is 0. The normalized spacial score (nSPS) is 21.0. The van der Waals surface area contributed by atoms with Crippen LogP contribution < -0.4 is 0 Å². The number of nitrogens with zero attached hydrogens (tertiary/aromatic N) is 2. The summed E-state index contributed by atoms with van der Waals surface area (Å²) < 4.78 is 26.4. The number of fused-ring (bicyclic) bond motifs is 1. The van der Waals surface area contributed by atoms with Gasteiger partial charge in [-0.1, -0.05) is 29.3 Å². The zero-order valence-corrected chi connectivity index (χ0v) is 17.5. The number of esters is 1. The Kier molecular flexibility index (Phi) is 5.57. The van der Waals surface area contributed by atoms with E-state index < -0.39 is 22.8 Å². The van der Waals surface area contributed by atoms with Crippen molar-refractivity contribution < 1.29 is 18.7 Å². The van der Waals surface area contributed by atoms with Crippen LogP contribution in [0.25, 0.3) is 11.0 Å². The molecule has 0 saturated carbocycles. The second-order valence-electron chi connectivity index (χ2n) is 6.37. The molecule has 29 heavy (non-hydrogen) atoms. The quantitative estimate of drug-likeness (QED) is 0.500. The Balaban J connectivity index is 1.80. The molecular weight excluding hydrogens is 438 g/mol. The predicted molar refractivity (Wildman–Crippen MR) is 111 cm³/mol. The van der Waals surface area contributed by atoms with Crippen molar-refractivity contribution in [3.63, 3.8) is 0 Å². The zero-order chi connectivity index (χ0) is 20.6. The molecule has 1 aliphatic heterocycles. The molecule has 2 unspecified atom stereocenters. The van der Waals surface area contributed by atoms with Crippen molar-refractivity contribution >= 4 is 52.0 Å². The van der Waals surface area contributed by atoms with Crippen LogP contribution in [0.3, 0.4) is 0 Å². The molecule has 150 valence electrons. The first kappa shape index (κ1) is 20.2. The van der Waals surface area contributed by atoms with Gasteiger partial charge in [0.05, 0.1) is 31.1 Å². The number of aromatic nitrogens is 2. The van der Waals surface area contributed by atoms with Crippen LogP contribution in [0, 0.1) is 5.82 Å². The Morgan fingerprint density at radius 1 is 1.31 bits per heavy atom. The van der Waals surface area contributed by atoms with Gasteiger partial charge in [0.1, 0.15) is 5.82 Å². The summed E-state index contributed by atoms with van der Waals surface area (Å²) in [5.41, 5.74) is 0.758. The first-order chi connectivity index (χ1) is 13.9. The van der Waals surface area contributed by atoms with Crippen molar-refractivity contribution in [1.29, 1.82) is 0 Å². The van der Waals surface area contributed by atoms with Gasteiger partial charge in [-0.15, -0.1) is 11.8 Å². The van der Waals surface area contributed by atoms with Crippen molar-refractivity contribution in [1.82, 2.24) is 9.55 Å². The Bertz CT molecular complexity index is 1120. The Labute approximate surface area is 180 Å². The smallest absolute Gasteiger partial charge is 0.324 e. The number of thioether (sulfide) groups is 1. The number of benzene rings is 2. The molecule has 5 nitrogen and oxygen atoms in total. The number of carbonyl (C=O) groups excluding carboxylic acids is 1. The molecule has 0 spiro atoms. The van der Waals surface area contributed by atoms with E-state index in [4.69, 9.17) is 32.7 Å². The van der Waals surface area contributed by atoms with E-state index in [0.29, 0.717) is 21.6 Å². The van der Waals surface area contributed by atoms with Crippen LogP contribution in [-0.4, -0.2) is 27.9 Å². The van der Waals surface area contributed by atoms with Crippen molar-refractivity contribution in [2.24, 2.45) is 0 Å². The van der Waals surface area contributed by atoms with E-state index in [9.17, 15) is 9.18 Å². The molecule has 0 amide bonds. The summed E-state index contributed by atoms with van der Waals surface area (Å²) in [5, 5.41) is 1.83. The monoisotopic (exact) mass is 452 g/mol. The van der Waals surface area contributed by atoms with Gasteiger partial charge in [0.15, 0.2) is 11.0 Å². The second-order valence-corrected chi connectivity index (χ2v) is 8.23. The molecule has 0 fully saturated rings. The fraction of sp³-hybridized carbons (Fsp3) is 0.200. The van der Waals surface area contributed by atoms with Crippen molar-refractivity contribution in [2.45, 2.75) is 17.6 Å². The van der Waals surface area contributed by atoms with Crippen LogP contribution in [0.15, 0.2) is 54.2 Å². The minimum Gasteiger partial charge on any atom is -0.468 e. The van der Waals surface area contributed by atoms with Crippen LogP contribution in [0.4, 0.5) is 4.39 Å². The maximum absolute atomic E-state index is 13.4. The summed E-state index contributed by atoms with van der Waals surface area (Å²) in [6, 6.07) is 9.36. The van der Waals surface area contributed by atoms with E-state index in [2.05, 4.69) is 4.98 Å². The first-order valence-corrected chi connectivity index (χ1v) is 10.3. The summed E-state index contributed by atoms with van der Waals surface area (Å²) in [6.07, 6.45) is 3.37. The summed E-state index contributed by atoms with van der Waals surface area (Å²) in [7, 11) is 1.33. The van der Waals surface area contributed by atoms with E-state index in [-0.39, 0.29) is 11.6 Å². The molecule has 0 saturated heterocycles. The summed E-state index contributed by atoms with van der Waals surface area (Å²) in [4.78, 5) is 17.0. The number of carbonyl (C=O) groups is 1. The highest BCUT2D eigenvalue weighted by molar-refractivity contribution is 8.03. The highest BCUT2D eigenvalue weighted by Crippen LogP contribution is 2.43. The molecule has 2 aromatic carbocycles. The standard InChI is InChI=1S/C20H15Cl2FN2O3S/c1-27-19(26)18-20(6-7-29-18,28-10-12-2-4-14(23)9-15(12)22)25-11-24-16-5-3-13(21)8-17(16)25/h2-9,11,18H,10H2,1H3. The van der Waals surface area contributed by atoms with Gasteiger partial charge in [-0.3, -0.25) is 9.36 Å². The van der Waals surface area contributed by atoms with Crippen LogP contribution in [-0.2, 0) is 26.6 Å². The number of hydrogen-bond acceptors (Lipinski definition) is 5. The molecule has 3 aromatic rings. The molecule has 4 rings (SSSR count). The number of halogens is 3. The predicted octanol–water partition coefficient (Wildman–Crippen LogP) is 5.15. The van der Waals surface area contributed by atoms with Gasteiger partial charge in [-0.05, 0) is 47.4 Å². The minimum atomic E-state index is -1.23. The molecule has 1 aromatic heterocycles. The fourth-order valence-corrected chi connectivity index (χ4v) is 4.70. The number of ether oxygens (including phenoxy) is 2. The van der Waals surface area contributed by atoms with E-state index in [1.165, 1.54) is 31.0 Å². The fourth-order valence-electron chi connectivity index (χ4n) is 3.22. The summed E-state index contributed by atoms with van der Waals surface area (Å²) in [6.45, 7) is 0.0394. The highest BCUT2D eigenvalue weighted by atomic mass is 35.5. The van der Waals surface area contributed by atoms with E-state index in [1.54, 1.807) is 46.6 Å². The maximum atomic E-state index is 13.4. The third kappa shape index (κ3) is 3.64. The van der Waals surface area contributed by atoms with Crippen LogP contribution >= 0.6 is 35.0 Å². The summed E-state index contributed by atoms with van der Waals surface area (Å²) >= 11 is 13.6. The molecule has 0 N–H and O–H groups in total. The van der Waals surface area contributed by atoms with E-state index >= 15 is 0 Å². The lowest BCUT2D eigenvalue weighted by Gasteiger charge is -2.34. The number of rotatable bonds is 5. The van der Waals surface area contributed by atoms with Crippen LogP contribution in [0.2, 0.25) is 10.0 Å². The average molecular weight is 453 g/mol. The molecule has 0 radical (unpaired) electrons. The third-order valence-electron chi connectivity index (χ3n) is 4.67. The lowest BCUT2D eigenvalue weighted by atomic mass is 10.1. The molecular formula is C20H15Cl2FN2O3S. The zero-order valence-electron chi connectivity index (χ0n) is 15.1. The molecule has 9 heteroatoms. The second kappa shape index (κ2) is 7.99. The topological polar surface area (TPSA) is 53.4 Å². The van der Waals surface area contributed by atoms with Crippen molar-refractivity contribution in [2.75, 3.05) is 7.11 Å². The van der Waals surface area contributed by atoms with Gasteiger partial charge in [0.25, 0.3) is 0 Å². The van der Waals surface area contributed by atoms with Crippen molar-refractivity contribution in [3.05, 3.63) is 75.6 Å². The first-order valence-electron chi connectivity index (χ1n) is 8.56. The number of methoxy groups -OCH3 is 1. The van der Waals surface area contributed by atoms with Gasteiger partial charge in [0, 0.05) is 10.0 Å². The Morgan fingerprint density at radius 2 is 2.14 bits per heavy atom. The van der Waals surface area contributed by atoms with Gasteiger partial charge in [0.2, 0.25) is 0 Å². The minimum absolute atomic E-state index is 0.0394. The highest BCUT2D eigenvalue weighted by Gasteiger charge is 2.49. The Morgan fingerprint density at radius 3 is 2.90 bits per heavy atom. The van der Waals surface area contributed by atoms with E-state index in [1.807, 2.05) is 0 Å². The number of imidazole rings is 1. The molecule has 0 aliphatic carbocycles. The van der Waals surface area contributed by atoms with Gasteiger partial charge in [-0.25, -0.2) is 9.37 Å². The lowest BCUT2D eigenvalue weighted by molar-refractivity contribution is -0.151. The largest absolute Gasteiger partial charge is 0.468 e. The molecule has 2 heterocycles. The molecule has 1 aliphatic rings. The lowest BCUT2D eigenvalue weighted by Crippen LogP contribution is -2.46. The Hall–Kier alpha value is -2.06. The van der Waals surface area contributed by atoms with E-state index in [0.717, 1.165) is 0 Å². The average Bonchev–Trinajstić information content (AvgIpc) is 3.31.